The molecule has 1 N–H and O–H groups in total. The minimum absolute atomic E-state index is 0.00130. The van der Waals surface area contributed by atoms with Crippen LogP contribution in [-0.2, 0) is 9.59 Å². The highest BCUT2D eigenvalue weighted by Gasteiger charge is 2.56. The number of rotatable bonds is 1. The average Bonchev–Trinajstić information content (AvgIpc) is 2.61. The molecule has 0 aromatic rings. The summed E-state index contributed by atoms with van der Waals surface area (Å²) >= 11 is 1.85. The van der Waals surface area contributed by atoms with Crippen LogP contribution in [0.2, 0.25) is 0 Å². The average molecular weight is 251 g/mol. The third kappa shape index (κ3) is 1.26. The zero-order valence-electron chi connectivity index (χ0n) is 9.47. The van der Waals surface area contributed by atoms with E-state index in [1.54, 1.807) is 0 Å². The van der Waals surface area contributed by atoms with Gasteiger partial charge in [0.05, 0.1) is 6.04 Å². The highest BCUT2D eigenvalue weighted by Crippen LogP contribution is 2.49. The van der Waals surface area contributed by atoms with Crippen molar-refractivity contribution in [2.24, 2.45) is 5.92 Å². The van der Waals surface area contributed by atoms with Gasteiger partial charge in [-0.05, 0) is 24.7 Å². The number of carboxylic acid groups (broad SMARTS) is 1. The van der Waals surface area contributed by atoms with Crippen molar-refractivity contribution in [2.45, 2.75) is 19.4 Å². The van der Waals surface area contributed by atoms with E-state index in [9.17, 15) is 14.7 Å². The first kappa shape index (κ1) is 10.9. The fraction of sp³-hybridized carbons (Fsp3) is 0.500. The Hall–Kier alpha value is -1.23. The Morgan fingerprint density at radius 2 is 2.35 bits per heavy atom. The molecule has 0 aliphatic carbocycles. The normalized spacial score (nSPS) is 33.6. The monoisotopic (exact) mass is 251 g/mol. The Labute approximate surface area is 103 Å². The number of aliphatic carboxylic acids is 1. The van der Waals surface area contributed by atoms with E-state index in [-0.39, 0.29) is 23.6 Å². The van der Waals surface area contributed by atoms with E-state index in [0.29, 0.717) is 0 Å². The molecule has 0 radical (unpaired) electrons. The molecule has 3 aliphatic heterocycles. The number of amides is 1. The Kier molecular flexibility index (Phi) is 2.33. The minimum atomic E-state index is -0.956. The Bertz CT molecular complexity index is 480. The second-order valence-corrected chi connectivity index (χ2v) is 5.62. The van der Waals surface area contributed by atoms with Crippen LogP contribution in [0.4, 0.5) is 0 Å². The van der Waals surface area contributed by atoms with Crippen molar-refractivity contribution in [2.75, 3.05) is 11.5 Å². The van der Waals surface area contributed by atoms with Crippen LogP contribution in [0.5, 0.6) is 0 Å². The lowest BCUT2D eigenvalue weighted by Gasteiger charge is -2.41. The minimum Gasteiger partial charge on any atom is -0.477 e. The van der Waals surface area contributed by atoms with E-state index >= 15 is 0 Å². The maximum Gasteiger partial charge on any atom is 0.352 e. The van der Waals surface area contributed by atoms with Gasteiger partial charge in [0.25, 0.3) is 5.91 Å². The van der Waals surface area contributed by atoms with Crippen molar-refractivity contribution < 1.29 is 14.7 Å². The van der Waals surface area contributed by atoms with Crippen LogP contribution < -0.4 is 0 Å². The van der Waals surface area contributed by atoms with Crippen molar-refractivity contribution in [1.82, 2.24) is 4.90 Å². The standard InChI is InChI=1S/C12H13NO3S/c1-2-6-9-8-5-17-4-3-7(8)10(12(15)16)13(9)11(6)14/h2,8-9H,3-5H2,1H3,(H,15,16)/b6-2+/t8-,9-/m0/s1. The summed E-state index contributed by atoms with van der Waals surface area (Å²) in [6.45, 7) is 1.85. The van der Waals surface area contributed by atoms with Crippen LogP contribution in [0.15, 0.2) is 22.9 Å². The molecule has 5 heteroatoms. The number of thioether (sulfide) groups is 1. The fourth-order valence-electron chi connectivity index (χ4n) is 3.05. The van der Waals surface area contributed by atoms with Crippen molar-refractivity contribution in [3.8, 4) is 0 Å². The van der Waals surface area contributed by atoms with Gasteiger partial charge < -0.3 is 5.11 Å². The molecule has 4 nitrogen and oxygen atoms in total. The van der Waals surface area contributed by atoms with Crippen LogP contribution in [0.1, 0.15) is 13.3 Å². The second-order valence-electron chi connectivity index (χ2n) is 4.47. The molecule has 0 unspecified atom stereocenters. The number of hydrogen-bond donors (Lipinski definition) is 1. The van der Waals surface area contributed by atoms with Crippen molar-refractivity contribution in [1.29, 1.82) is 0 Å². The number of carbonyl (C=O) groups excluding carboxylic acids is 1. The summed E-state index contributed by atoms with van der Waals surface area (Å²) in [7, 11) is 0. The van der Waals surface area contributed by atoms with Gasteiger partial charge in [-0.15, -0.1) is 0 Å². The SMILES string of the molecule is C/C=C1/C(=O)N2C(C(=O)O)=C3CCSC[C@@H]3[C@H]12. The molecule has 0 bridgehead atoms. The summed E-state index contributed by atoms with van der Waals surface area (Å²) in [6.07, 6.45) is 2.62. The van der Waals surface area contributed by atoms with Gasteiger partial charge in [-0.25, -0.2) is 4.79 Å². The van der Waals surface area contributed by atoms with Crippen molar-refractivity contribution in [3.05, 3.63) is 22.9 Å². The molecule has 0 spiro atoms. The lowest BCUT2D eigenvalue weighted by atomic mass is 9.84. The number of fused-ring (bicyclic) bond motifs is 3. The van der Waals surface area contributed by atoms with Crippen LogP contribution in [-0.4, -0.2) is 39.4 Å². The third-order valence-corrected chi connectivity index (χ3v) is 4.85. The molecule has 2 atom stereocenters. The summed E-state index contributed by atoms with van der Waals surface area (Å²) in [5.41, 5.74) is 2.02. The first-order valence-corrected chi connectivity index (χ1v) is 6.86. The van der Waals surface area contributed by atoms with Gasteiger partial charge >= 0.3 is 5.97 Å². The van der Waals surface area contributed by atoms with Gasteiger partial charge in [-0.2, -0.15) is 11.8 Å². The summed E-state index contributed by atoms with van der Waals surface area (Å²) in [5.74, 6) is 1.04. The van der Waals surface area contributed by atoms with E-state index in [0.717, 1.165) is 29.1 Å². The molecular weight excluding hydrogens is 238 g/mol. The molecule has 2 saturated heterocycles. The Morgan fingerprint density at radius 3 is 3.00 bits per heavy atom. The van der Waals surface area contributed by atoms with Crippen LogP contribution in [0.25, 0.3) is 0 Å². The molecule has 1 amide bonds. The molecule has 17 heavy (non-hydrogen) atoms. The predicted molar refractivity (Wildman–Crippen MR) is 64.5 cm³/mol. The molecule has 0 aromatic heterocycles. The van der Waals surface area contributed by atoms with Gasteiger partial charge in [-0.3, -0.25) is 9.69 Å². The summed E-state index contributed by atoms with van der Waals surface area (Å²) in [6, 6.07) is 0.00130. The zero-order chi connectivity index (χ0) is 12.2. The molecule has 0 saturated carbocycles. The fourth-order valence-corrected chi connectivity index (χ4v) is 4.21. The highest BCUT2D eigenvalue weighted by molar-refractivity contribution is 7.99. The van der Waals surface area contributed by atoms with E-state index in [1.165, 1.54) is 4.90 Å². The second kappa shape index (κ2) is 3.63. The molecule has 3 heterocycles. The van der Waals surface area contributed by atoms with Crippen LogP contribution in [0.3, 0.4) is 0 Å². The summed E-state index contributed by atoms with van der Waals surface area (Å²) < 4.78 is 0. The first-order chi connectivity index (χ1) is 8.16. The van der Waals surface area contributed by atoms with Gasteiger partial charge in [0.15, 0.2) is 0 Å². The van der Waals surface area contributed by atoms with Gasteiger partial charge in [0, 0.05) is 17.2 Å². The lowest BCUT2D eigenvalue weighted by molar-refractivity contribution is -0.142. The Morgan fingerprint density at radius 1 is 1.59 bits per heavy atom. The zero-order valence-corrected chi connectivity index (χ0v) is 10.3. The highest BCUT2D eigenvalue weighted by atomic mass is 32.2. The van der Waals surface area contributed by atoms with Crippen molar-refractivity contribution in [3.63, 3.8) is 0 Å². The maximum atomic E-state index is 11.9. The summed E-state index contributed by atoms with van der Waals surface area (Å²) in [5, 5.41) is 9.27. The van der Waals surface area contributed by atoms with Crippen LogP contribution in [0, 0.1) is 5.92 Å². The molecule has 0 aromatic carbocycles. The number of allylic oxidation sites excluding steroid dienone is 1. The number of hydrogen-bond acceptors (Lipinski definition) is 3. The Balaban J connectivity index is 2.07. The largest absolute Gasteiger partial charge is 0.477 e. The number of nitrogens with zero attached hydrogens (tertiary/aromatic N) is 1. The predicted octanol–water partition coefficient (Wildman–Crippen LogP) is 1.25. The van der Waals surface area contributed by atoms with E-state index < -0.39 is 5.97 Å². The third-order valence-electron chi connectivity index (χ3n) is 3.76. The molecule has 2 fully saturated rings. The van der Waals surface area contributed by atoms with E-state index in [2.05, 4.69) is 0 Å². The van der Waals surface area contributed by atoms with Gasteiger partial charge in [0.1, 0.15) is 5.70 Å². The molecule has 90 valence electrons. The molecule has 3 rings (SSSR count). The number of carbonyl (C=O) groups is 2. The van der Waals surface area contributed by atoms with E-state index in [4.69, 9.17) is 0 Å². The van der Waals surface area contributed by atoms with Gasteiger partial charge in [0.2, 0.25) is 0 Å². The lowest BCUT2D eigenvalue weighted by Crippen LogP contribution is -2.55. The summed E-state index contributed by atoms with van der Waals surface area (Å²) in [4.78, 5) is 24.7. The molecular formula is C12H13NO3S. The van der Waals surface area contributed by atoms with Crippen LogP contribution >= 0.6 is 11.8 Å². The van der Waals surface area contributed by atoms with E-state index in [1.807, 2.05) is 24.8 Å². The quantitative estimate of drug-likeness (QED) is 0.563. The smallest absolute Gasteiger partial charge is 0.352 e. The topological polar surface area (TPSA) is 57.6 Å². The van der Waals surface area contributed by atoms with Gasteiger partial charge in [-0.1, -0.05) is 6.08 Å². The number of carboxylic acids is 1. The molecule has 3 aliphatic rings. The first-order valence-electron chi connectivity index (χ1n) is 5.70. The van der Waals surface area contributed by atoms with Crippen molar-refractivity contribution >= 4 is 23.6 Å². The maximum absolute atomic E-state index is 11.9. The number of β-lactam (4-membered cyclic amide) rings is 1.